The van der Waals surface area contributed by atoms with Gasteiger partial charge in [-0.2, -0.15) is 0 Å². The highest BCUT2D eigenvalue weighted by atomic mass is 16.8. The molecule has 0 saturated carbocycles. The fourth-order valence-electron chi connectivity index (χ4n) is 1.21. The van der Waals surface area contributed by atoms with Gasteiger partial charge >= 0.3 is 0 Å². The van der Waals surface area contributed by atoms with Gasteiger partial charge in [-0.1, -0.05) is 13.8 Å². The molecule has 0 N–H and O–H groups in total. The smallest absolute Gasteiger partial charge is 0.192 e. The lowest BCUT2D eigenvalue weighted by Gasteiger charge is -2.23. The van der Waals surface area contributed by atoms with Crippen molar-refractivity contribution >= 4 is 5.78 Å². The third-order valence-electron chi connectivity index (χ3n) is 2.00. The normalized spacial score (nSPS) is 32.5. The van der Waals surface area contributed by atoms with Crippen LogP contribution in [0.1, 0.15) is 27.7 Å². The van der Waals surface area contributed by atoms with Gasteiger partial charge in [0, 0.05) is 5.92 Å². The molecule has 82 valence electrons. The Balaban J connectivity index is 2.41. The van der Waals surface area contributed by atoms with Crippen molar-refractivity contribution in [3.63, 3.8) is 0 Å². The summed E-state index contributed by atoms with van der Waals surface area (Å²) in [7, 11) is 0. The predicted octanol–water partition coefficient (Wildman–Crippen LogP) is 1.34. The maximum Gasteiger partial charge on any atom is 0.192 e. The molecule has 0 unspecified atom stereocenters. The zero-order valence-electron chi connectivity index (χ0n) is 9.20. The van der Waals surface area contributed by atoms with E-state index >= 15 is 0 Å². The molecule has 1 heterocycles. The van der Waals surface area contributed by atoms with Crippen LogP contribution in [0.4, 0.5) is 0 Å². The lowest BCUT2D eigenvalue weighted by Crippen LogP contribution is -2.34. The zero-order chi connectivity index (χ0) is 10.8. The van der Waals surface area contributed by atoms with E-state index in [1.54, 1.807) is 6.92 Å². The van der Waals surface area contributed by atoms with Crippen LogP contribution in [0.15, 0.2) is 0 Å². The molecule has 0 amide bonds. The standard InChI is InChI=1S/C10H18O4/c1-7(2)9-12-6-10(4,14-9)13-5-8(3)11/h7,9H,5-6H2,1-4H3/t9-,10-/m1/s1. The minimum Gasteiger partial charge on any atom is -0.347 e. The fourth-order valence-corrected chi connectivity index (χ4v) is 1.21. The predicted molar refractivity (Wildman–Crippen MR) is 50.7 cm³/mol. The van der Waals surface area contributed by atoms with Crippen molar-refractivity contribution in [1.29, 1.82) is 0 Å². The first kappa shape index (κ1) is 11.6. The van der Waals surface area contributed by atoms with Crippen molar-refractivity contribution in [2.45, 2.75) is 39.8 Å². The Kier molecular flexibility index (Phi) is 3.64. The van der Waals surface area contributed by atoms with E-state index in [0.717, 1.165) is 0 Å². The molecule has 1 aliphatic heterocycles. The molecule has 0 aromatic rings. The number of Topliss-reactive ketones (excluding diaryl/α,β-unsaturated/α-hetero) is 1. The molecule has 4 nitrogen and oxygen atoms in total. The summed E-state index contributed by atoms with van der Waals surface area (Å²) in [5, 5.41) is 0. The first-order chi connectivity index (χ1) is 6.43. The first-order valence-corrected chi connectivity index (χ1v) is 4.86. The molecule has 4 heteroatoms. The zero-order valence-corrected chi connectivity index (χ0v) is 9.20. The Morgan fingerprint density at radius 2 is 2.29 bits per heavy atom. The van der Waals surface area contributed by atoms with E-state index in [1.165, 1.54) is 6.92 Å². The number of hydrogen-bond donors (Lipinski definition) is 0. The SMILES string of the molecule is CC(=O)CO[C@@]1(C)CO[C@@H](C(C)C)O1. The van der Waals surface area contributed by atoms with Gasteiger partial charge in [-0.05, 0) is 13.8 Å². The summed E-state index contributed by atoms with van der Waals surface area (Å²) in [6, 6.07) is 0. The highest BCUT2D eigenvalue weighted by molar-refractivity contribution is 5.76. The van der Waals surface area contributed by atoms with E-state index in [9.17, 15) is 4.79 Å². The molecule has 0 spiro atoms. The van der Waals surface area contributed by atoms with Gasteiger partial charge in [-0.25, -0.2) is 0 Å². The summed E-state index contributed by atoms with van der Waals surface area (Å²) in [6.45, 7) is 7.76. The van der Waals surface area contributed by atoms with Gasteiger partial charge in [-0.15, -0.1) is 0 Å². The van der Waals surface area contributed by atoms with Crippen molar-refractivity contribution < 1.29 is 19.0 Å². The first-order valence-electron chi connectivity index (χ1n) is 4.86. The Morgan fingerprint density at radius 3 is 2.71 bits per heavy atom. The number of rotatable bonds is 4. The van der Waals surface area contributed by atoms with Gasteiger partial charge in [0.1, 0.15) is 13.2 Å². The van der Waals surface area contributed by atoms with Crippen LogP contribution < -0.4 is 0 Å². The summed E-state index contributed by atoms with van der Waals surface area (Å²) in [4.78, 5) is 10.7. The Hall–Kier alpha value is -0.450. The Morgan fingerprint density at radius 1 is 1.64 bits per heavy atom. The van der Waals surface area contributed by atoms with Crippen molar-refractivity contribution in [2.24, 2.45) is 5.92 Å². The van der Waals surface area contributed by atoms with E-state index in [2.05, 4.69) is 0 Å². The minimum atomic E-state index is -0.763. The van der Waals surface area contributed by atoms with E-state index in [-0.39, 0.29) is 24.6 Å². The Labute approximate surface area is 84.5 Å². The number of hydrogen-bond acceptors (Lipinski definition) is 4. The number of ketones is 1. The van der Waals surface area contributed by atoms with Crippen LogP contribution in [0.5, 0.6) is 0 Å². The van der Waals surface area contributed by atoms with Crippen LogP contribution in [-0.2, 0) is 19.0 Å². The second kappa shape index (κ2) is 4.38. The largest absolute Gasteiger partial charge is 0.347 e. The molecule has 14 heavy (non-hydrogen) atoms. The minimum absolute atomic E-state index is 0.0113. The maximum atomic E-state index is 10.7. The number of carbonyl (C=O) groups is 1. The Bertz CT molecular complexity index is 214. The van der Waals surface area contributed by atoms with E-state index in [1.807, 2.05) is 13.8 Å². The fraction of sp³-hybridized carbons (Fsp3) is 0.900. The topological polar surface area (TPSA) is 44.8 Å². The maximum absolute atomic E-state index is 10.7. The molecule has 1 saturated heterocycles. The summed E-state index contributed by atoms with van der Waals surface area (Å²) in [5.74, 6) is -0.485. The summed E-state index contributed by atoms with van der Waals surface area (Å²) < 4.78 is 16.3. The van der Waals surface area contributed by atoms with Crippen LogP contribution in [0.25, 0.3) is 0 Å². The van der Waals surface area contributed by atoms with E-state index in [0.29, 0.717) is 6.61 Å². The summed E-state index contributed by atoms with van der Waals surface area (Å²) in [5.41, 5.74) is 0. The van der Waals surface area contributed by atoms with Gasteiger partial charge in [0.05, 0.1) is 0 Å². The average Bonchev–Trinajstić information content (AvgIpc) is 2.46. The van der Waals surface area contributed by atoms with E-state index in [4.69, 9.17) is 14.2 Å². The molecule has 0 aromatic carbocycles. The van der Waals surface area contributed by atoms with Crippen LogP contribution in [-0.4, -0.2) is 31.1 Å². The molecule has 0 aromatic heterocycles. The van der Waals surface area contributed by atoms with Gasteiger partial charge in [0.2, 0.25) is 0 Å². The third kappa shape index (κ3) is 3.04. The van der Waals surface area contributed by atoms with Gasteiger partial charge in [0.15, 0.2) is 17.9 Å². The van der Waals surface area contributed by atoms with Crippen molar-refractivity contribution in [2.75, 3.05) is 13.2 Å². The number of carbonyl (C=O) groups excluding carboxylic acids is 1. The van der Waals surface area contributed by atoms with Crippen molar-refractivity contribution in [3.05, 3.63) is 0 Å². The van der Waals surface area contributed by atoms with Gasteiger partial charge in [-0.3, -0.25) is 4.79 Å². The highest BCUT2D eigenvalue weighted by Gasteiger charge is 2.39. The lowest BCUT2D eigenvalue weighted by atomic mass is 10.2. The average molecular weight is 202 g/mol. The summed E-state index contributed by atoms with van der Waals surface area (Å²) >= 11 is 0. The monoisotopic (exact) mass is 202 g/mol. The molecule has 1 rings (SSSR count). The molecule has 0 bridgehead atoms. The molecule has 1 aliphatic rings. The highest BCUT2D eigenvalue weighted by Crippen LogP contribution is 2.27. The third-order valence-corrected chi connectivity index (χ3v) is 2.00. The quantitative estimate of drug-likeness (QED) is 0.690. The molecular weight excluding hydrogens is 184 g/mol. The second-order valence-corrected chi connectivity index (χ2v) is 4.17. The van der Waals surface area contributed by atoms with Crippen LogP contribution in [0, 0.1) is 5.92 Å². The van der Waals surface area contributed by atoms with Crippen LogP contribution in [0.3, 0.4) is 0 Å². The summed E-state index contributed by atoms with van der Waals surface area (Å²) in [6.07, 6.45) is -0.230. The molecule has 1 fully saturated rings. The molecule has 0 aliphatic carbocycles. The molecule has 2 atom stereocenters. The second-order valence-electron chi connectivity index (χ2n) is 4.17. The van der Waals surface area contributed by atoms with Gasteiger partial charge < -0.3 is 14.2 Å². The van der Waals surface area contributed by atoms with Crippen molar-refractivity contribution in [3.8, 4) is 0 Å². The van der Waals surface area contributed by atoms with Crippen LogP contribution in [0.2, 0.25) is 0 Å². The van der Waals surface area contributed by atoms with E-state index < -0.39 is 5.79 Å². The van der Waals surface area contributed by atoms with Crippen LogP contribution >= 0.6 is 0 Å². The molecule has 0 radical (unpaired) electrons. The van der Waals surface area contributed by atoms with Gasteiger partial charge in [0.25, 0.3) is 0 Å². The lowest BCUT2D eigenvalue weighted by molar-refractivity contribution is -0.220. The molecular formula is C10H18O4. The number of ether oxygens (including phenoxy) is 3. The van der Waals surface area contributed by atoms with Crippen molar-refractivity contribution in [1.82, 2.24) is 0 Å².